The Morgan fingerprint density at radius 3 is 2.18 bits per heavy atom. The number of hydrogen-bond acceptors (Lipinski definition) is 1. The van der Waals surface area contributed by atoms with E-state index in [1.165, 1.54) is 16.8 Å². The van der Waals surface area contributed by atoms with Gasteiger partial charge < -0.3 is 0 Å². The fourth-order valence-electron chi connectivity index (χ4n) is 1.79. The molecule has 0 amide bonds. The standard InChI is InChI=1S/C13H16N2.C2H6/c1-4-13-11(3)9-14-15(13)12-7-5-10(2)6-8-12;1-2/h5-9H,4H2,1-3H3;1-2H3. The Morgan fingerprint density at radius 2 is 1.65 bits per heavy atom. The minimum Gasteiger partial charge on any atom is -0.238 e. The number of aryl methyl sites for hydroxylation is 2. The van der Waals surface area contributed by atoms with Gasteiger partial charge in [-0.25, -0.2) is 4.68 Å². The van der Waals surface area contributed by atoms with Gasteiger partial charge in [0.2, 0.25) is 0 Å². The maximum Gasteiger partial charge on any atom is 0.0649 e. The highest BCUT2D eigenvalue weighted by atomic mass is 15.3. The molecular formula is C15H22N2. The van der Waals surface area contributed by atoms with E-state index in [1.54, 1.807) is 0 Å². The lowest BCUT2D eigenvalue weighted by molar-refractivity contribution is 0.811. The predicted octanol–water partition coefficient (Wildman–Crippen LogP) is 4.08. The summed E-state index contributed by atoms with van der Waals surface area (Å²) in [6, 6.07) is 8.46. The molecule has 0 radical (unpaired) electrons. The van der Waals surface area contributed by atoms with Crippen LogP contribution in [0.4, 0.5) is 0 Å². The van der Waals surface area contributed by atoms with Crippen LogP contribution in [0.3, 0.4) is 0 Å². The summed E-state index contributed by atoms with van der Waals surface area (Å²) >= 11 is 0. The van der Waals surface area contributed by atoms with Crippen LogP contribution in [0.5, 0.6) is 0 Å². The van der Waals surface area contributed by atoms with Gasteiger partial charge in [-0.3, -0.25) is 0 Å². The summed E-state index contributed by atoms with van der Waals surface area (Å²) in [4.78, 5) is 0. The summed E-state index contributed by atoms with van der Waals surface area (Å²) in [5.74, 6) is 0. The van der Waals surface area contributed by atoms with Crippen molar-refractivity contribution in [2.45, 2.75) is 41.0 Å². The monoisotopic (exact) mass is 230 g/mol. The van der Waals surface area contributed by atoms with Gasteiger partial charge >= 0.3 is 0 Å². The van der Waals surface area contributed by atoms with Gasteiger partial charge in [-0.2, -0.15) is 5.10 Å². The molecule has 92 valence electrons. The molecule has 0 N–H and O–H groups in total. The molecule has 0 unspecified atom stereocenters. The molecule has 1 aromatic carbocycles. The summed E-state index contributed by atoms with van der Waals surface area (Å²) in [5, 5.41) is 4.40. The minimum atomic E-state index is 1.01. The van der Waals surface area contributed by atoms with Crippen molar-refractivity contribution in [1.82, 2.24) is 9.78 Å². The highest BCUT2D eigenvalue weighted by molar-refractivity contribution is 5.36. The van der Waals surface area contributed by atoms with E-state index in [2.05, 4.69) is 50.1 Å². The van der Waals surface area contributed by atoms with Crippen LogP contribution in [0, 0.1) is 13.8 Å². The maximum atomic E-state index is 4.40. The summed E-state index contributed by atoms with van der Waals surface area (Å²) in [6.45, 7) is 10.4. The van der Waals surface area contributed by atoms with Crippen molar-refractivity contribution in [3.63, 3.8) is 0 Å². The molecule has 0 saturated carbocycles. The highest BCUT2D eigenvalue weighted by Crippen LogP contribution is 2.15. The Kier molecular flexibility index (Phi) is 4.95. The zero-order valence-electron chi connectivity index (χ0n) is 11.5. The Balaban J connectivity index is 0.000000686. The number of hydrogen-bond donors (Lipinski definition) is 0. The van der Waals surface area contributed by atoms with E-state index in [-0.39, 0.29) is 0 Å². The zero-order valence-corrected chi connectivity index (χ0v) is 11.5. The maximum absolute atomic E-state index is 4.40. The van der Waals surface area contributed by atoms with Crippen molar-refractivity contribution in [2.75, 3.05) is 0 Å². The van der Waals surface area contributed by atoms with Gasteiger partial charge in [0, 0.05) is 5.69 Å². The Bertz CT molecular complexity index is 452. The number of rotatable bonds is 2. The van der Waals surface area contributed by atoms with Gasteiger partial charge in [0.25, 0.3) is 0 Å². The quantitative estimate of drug-likeness (QED) is 0.760. The van der Waals surface area contributed by atoms with Gasteiger partial charge in [0.15, 0.2) is 0 Å². The van der Waals surface area contributed by atoms with E-state index in [9.17, 15) is 0 Å². The van der Waals surface area contributed by atoms with Gasteiger partial charge in [-0.15, -0.1) is 0 Å². The molecule has 2 rings (SSSR count). The van der Waals surface area contributed by atoms with Crippen LogP contribution < -0.4 is 0 Å². The van der Waals surface area contributed by atoms with Gasteiger partial charge in [-0.1, -0.05) is 38.5 Å². The van der Waals surface area contributed by atoms with Crippen LogP contribution in [-0.2, 0) is 6.42 Å². The van der Waals surface area contributed by atoms with Crippen molar-refractivity contribution in [3.8, 4) is 5.69 Å². The van der Waals surface area contributed by atoms with E-state index >= 15 is 0 Å². The molecule has 0 aliphatic carbocycles. The van der Waals surface area contributed by atoms with Crippen molar-refractivity contribution >= 4 is 0 Å². The van der Waals surface area contributed by atoms with E-state index in [0.29, 0.717) is 0 Å². The number of nitrogens with zero attached hydrogens (tertiary/aromatic N) is 2. The zero-order chi connectivity index (χ0) is 12.8. The molecule has 1 aromatic heterocycles. The number of aromatic nitrogens is 2. The lowest BCUT2D eigenvalue weighted by atomic mass is 10.2. The fraction of sp³-hybridized carbons (Fsp3) is 0.400. The third kappa shape index (κ3) is 2.96. The fourth-order valence-corrected chi connectivity index (χ4v) is 1.79. The predicted molar refractivity (Wildman–Crippen MR) is 73.8 cm³/mol. The third-order valence-corrected chi connectivity index (χ3v) is 2.69. The molecule has 0 fully saturated rings. The van der Waals surface area contributed by atoms with Crippen LogP contribution in [0.25, 0.3) is 5.69 Å². The second kappa shape index (κ2) is 6.24. The summed E-state index contributed by atoms with van der Waals surface area (Å²) in [5.41, 5.74) is 4.98. The van der Waals surface area contributed by atoms with Gasteiger partial charge in [-0.05, 0) is 38.0 Å². The largest absolute Gasteiger partial charge is 0.238 e. The van der Waals surface area contributed by atoms with Crippen molar-refractivity contribution in [3.05, 3.63) is 47.3 Å². The summed E-state index contributed by atoms with van der Waals surface area (Å²) in [6.07, 6.45) is 2.94. The molecule has 17 heavy (non-hydrogen) atoms. The van der Waals surface area contributed by atoms with Crippen molar-refractivity contribution in [2.24, 2.45) is 0 Å². The Morgan fingerprint density at radius 1 is 1.06 bits per heavy atom. The lowest BCUT2D eigenvalue weighted by Crippen LogP contribution is -2.01. The third-order valence-electron chi connectivity index (χ3n) is 2.69. The first-order valence-corrected chi connectivity index (χ1v) is 6.33. The first kappa shape index (κ1) is 13.5. The van der Waals surface area contributed by atoms with Crippen molar-refractivity contribution in [1.29, 1.82) is 0 Å². The average Bonchev–Trinajstić information content (AvgIpc) is 2.74. The molecular weight excluding hydrogens is 208 g/mol. The molecule has 0 saturated heterocycles. The van der Waals surface area contributed by atoms with Crippen molar-refractivity contribution < 1.29 is 0 Å². The van der Waals surface area contributed by atoms with E-state index in [1.807, 2.05) is 24.7 Å². The highest BCUT2D eigenvalue weighted by Gasteiger charge is 2.06. The molecule has 1 heterocycles. The smallest absolute Gasteiger partial charge is 0.0649 e. The molecule has 0 spiro atoms. The number of benzene rings is 1. The lowest BCUT2D eigenvalue weighted by Gasteiger charge is -2.06. The summed E-state index contributed by atoms with van der Waals surface area (Å²) in [7, 11) is 0. The Labute approximate surface area is 104 Å². The first-order valence-electron chi connectivity index (χ1n) is 6.33. The minimum absolute atomic E-state index is 1.01. The topological polar surface area (TPSA) is 17.8 Å². The molecule has 0 aliphatic heterocycles. The van der Waals surface area contributed by atoms with Gasteiger partial charge in [0.1, 0.15) is 0 Å². The van der Waals surface area contributed by atoms with Crippen LogP contribution in [0.15, 0.2) is 30.5 Å². The van der Waals surface area contributed by atoms with E-state index in [0.717, 1.165) is 12.1 Å². The van der Waals surface area contributed by atoms with Crippen LogP contribution in [0.1, 0.15) is 37.6 Å². The van der Waals surface area contributed by atoms with E-state index < -0.39 is 0 Å². The Hall–Kier alpha value is -1.57. The van der Waals surface area contributed by atoms with Crippen LogP contribution >= 0.6 is 0 Å². The SMILES string of the molecule is CC.CCc1c(C)cnn1-c1ccc(C)cc1. The molecule has 0 aliphatic rings. The normalized spacial score (nSPS) is 9.71. The first-order chi connectivity index (χ1) is 8.22. The molecule has 0 bridgehead atoms. The van der Waals surface area contributed by atoms with Crippen LogP contribution in [0.2, 0.25) is 0 Å². The average molecular weight is 230 g/mol. The van der Waals surface area contributed by atoms with E-state index in [4.69, 9.17) is 0 Å². The molecule has 2 heteroatoms. The van der Waals surface area contributed by atoms with Gasteiger partial charge in [0.05, 0.1) is 11.9 Å². The second-order valence-corrected chi connectivity index (χ2v) is 3.88. The molecule has 0 atom stereocenters. The van der Waals surface area contributed by atoms with Crippen LogP contribution in [-0.4, -0.2) is 9.78 Å². The summed E-state index contributed by atoms with van der Waals surface area (Å²) < 4.78 is 2.02. The molecule has 2 nitrogen and oxygen atoms in total. The molecule has 2 aromatic rings. The second-order valence-electron chi connectivity index (χ2n) is 3.88.